The SMILES string of the molecule is CCOC(=O)CC(CNC)n1cc([B]O)cc1C=O.CO. The fraction of sp³-hybridized carbons (Fsp3) is 0.538. The standard InChI is InChI=1S/C12H18BN2O4.CH4O/c1-3-19-12(17)5-10(6-14-2)15-7-9(13-18)4-11(15)8-16;1-2/h4,7-8,10,14,18H,3,5-6H2,1-2H3;2H,1H3. The first-order valence-corrected chi connectivity index (χ1v) is 6.55. The number of ether oxygens (including phenoxy) is 1. The van der Waals surface area contributed by atoms with Crippen molar-refractivity contribution in [1.29, 1.82) is 0 Å². The van der Waals surface area contributed by atoms with Crippen molar-refractivity contribution in [2.75, 3.05) is 27.3 Å². The Kier molecular flexibility index (Phi) is 10.2. The number of nitrogens with one attached hydrogen (secondary N) is 1. The van der Waals surface area contributed by atoms with E-state index in [2.05, 4.69) is 5.32 Å². The van der Waals surface area contributed by atoms with Crippen LogP contribution in [0.15, 0.2) is 12.3 Å². The first-order valence-electron chi connectivity index (χ1n) is 6.55. The molecule has 1 aromatic rings. The van der Waals surface area contributed by atoms with Crippen molar-refractivity contribution in [1.82, 2.24) is 9.88 Å². The Hall–Kier alpha value is -1.64. The van der Waals surface area contributed by atoms with E-state index in [0.29, 0.717) is 30.6 Å². The van der Waals surface area contributed by atoms with Crippen molar-refractivity contribution in [3.05, 3.63) is 18.0 Å². The summed E-state index contributed by atoms with van der Waals surface area (Å²) in [6, 6.07) is 1.32. The Balaban J connectivity index is 0.00000191. The van der Waals surface area contributed by atoms with Gasteiger partial charge in [-0.05, 0) is 25.5 Å². The van der Waals surface area contributed by atoms with E-state index in [1.54, 1.807) is 30.8 Å². The summed E-state index contributed by atoms with van der Waals surface area (Å²) in [4.78, 5) is 22.6. The zero-order valence-corrected chi connectivity index (χ0v) is 12.6. The second-order valence-corrected chi connectivity index (χ2v) is 4.07. The predicted octanol–water partition coefficient (Wildman–Crippen LogP) is -1.14. The number of carbonyl (C=O) groups excluding carboxylic acids is 2. The van der Waals surface area contributed by atoms with Crippen molar-refractivity contribution in [2.24, 2.45) is 0 Å². The van der Waals surface area contributed by atoms with E-state index < -0.39 is 0 Å². The van der Waals surface area contributed by atoms with E-state index in [1.165, 1.54) is 0 Å². The molecule has 117 valence electrons. The largest absolute Gasteiger partial charge is 0.466 e. The van der Waals surface area contributed by atoms with Crippen LogP contribution in [0.25, 0.3) is 0 Å². The fourth-order valence-electron chi connectivity index (χ4n) is 1.92. The topological polar surface area (TPSA) is 101 Å². The van der Waals surface area contributed by atoms with Crippen LogP contribution >= 0.6 is 0 Å². The highest BCUT2D eigenvalue weighted by Crippen LogP contribution is 2.14. The van der Waals surface area contributed by atoms with Crippen LogP contribution in [0.2, 0.25) is 0 Å². The summed E-state index contributed by atoms with van der Waals surface area (Å²) >= 11 is 0. The van der Waals surface area contributed by atoms with Gasteiger partial charge in [0.2, 0.25) is 0 Å². The van der Waals surface area contributed by atoms with E-state index in [0.717, 1.165) is 14.6 Å². The lowest BCUT2D eigenvalue weighted by molar-refractivity contribution is -0.144. The molecule has 0 bridgehead atoms. The summed E-state index contributed by atoms with van der Waals surface area (Å²) in [7, 11) is 3.69. The van der Waals surface area contributed by atoms with Crippen LogP contribution in [-0.2, 0) is 9.53 Å². The van der Waals surface area contributed by atoms with Crippen LogP contribution < -0.4 is 10.8 Å². The normalized spacial score (nSPS) is 11.1. The van der Waals surface area contributed by atoms with Gasteiger partial charge < -0.3 is 24.8 Å². The van der Waals surface area contributed by atoms with Crippen LogP contribution in [0.4, 0.5) is 0 Å². The van der Waals surface area contributed by atoms with Gasteiger partial charge in [-0.1, -0.05) is 0 Å². The summed E-state index contributed by atoms with van der Waals surface area (Å²) < 4.78 is 6.59. The summed E-state index contributed by atoms with van der Waals surface area (Å²) in [5, 5.41) is 19.0. The van der Waals surface area contributed by atoms with Gasteiger partial charge in [0.05, 0.1) is 24.8 Å². The highest BCUT2D eigenvalue weighted by Gasteiger charge is 2.19. The summed E-state index contributed by atoms with van der Waals surface area (Å²) in [6.45, 7) is 2.59. The molecule has 0 amide bonds. The third kappa shape index (κ3) is 6.11. The molecule has 0 spiro atoms. The first-order chi connectivity index (χ1) is 10.2. The van der Waals surface area contributed by atoms with Gasteiger partial charge in [0.15, 0.2) is 6.29 Å². The summed E-state index contributed by atoms with van der Waals surface area (Å²) in [6.07, 6.45) is 2.49. The van der Waals surface area contributed by atoms with Crippen molar-refractivity contribution >= 4 is 25.2 Å². The molecule has 1 aromatic heterocycles. The molecule has 0 saturated carbocycles. The highest BCUT2D eigenvalue weighted by molar-refractivity contribution is 6.45. The number of hydrogen-bond acceptors (Lipinski definition) is 6. The number of esters is 1. The van der Waals surface area contributed by atoms with E-state index in [-0.39, 0.29) is 18.4 Å². The van der Waals surface area contributed by atoms with Gasteiger partial charge in [-0.3, -0.25) is 9.59 Å². The molecular weight excluding hydrogens is 275 g/mol. The predicted molar refractivity (Wildman–Crippen MR) is 79.8 cm³/mol. The monoisotopic (exact) mass is 297 g/mol. The second kappa shape index (κ2) is 11.1. The number of aromatic nitrogens is 1. The van der Waals surface area contributed by atoms with Gasteiger partial charge in [0, 0.05) is 19.9 Å². The molecule has 1 heterocycles. The molecular formula is C13H22BN2O5. The van der Waals surface area contributed by atoms with Crippen LogP contribution in [0.3, 0.4) is 0 Å². The van der Waals surface area contributed by atoms with Gasteiger partial charge >= 0.3 is 13.5 Å². The Morgan fingerprint density at radius 1 is 1.57 bits per heavy atom. The lowest BCUT2D eigenvalue weighted by Crippen LogP contribution is -2.26. The minimum absolute atomic E-state index is 0.162. The maximum absolute atomic E-state index is 11.6. The molecule has 0 aliphatic heterocycles. The number of aldehydes is 1. The van der Waals surface area contributed by atoms with Crippen molar-refractivity contribution < 1.29 is 24.5 Å². The average Bonchev–Trinajstić information content (AvgIpc) is 2.92. The van der Waals surface area contributed by atoms with Crippen LogP contribution in [0.1, 0.15) is 29.9 Å². The summed E-state index contributed by atoms with van der Waals surface area (Å²) in [5.41, 5.74) is 0.928. The number of likely N-dealkylation sites (N-methyl/N-ethyl adjacent to an activating group) is 1. The first kappa shape index (κ1) is 19.4. The van der Waals surface area contributed by atoms with Gasteiger partial charge in [-0.25, -0.2) is 0 Å². The van der Waals surface area contributed by atoms with E-state index in [1.807, 2.05) is 0 Å². The van der Waals surface area contributed by atoms with Crippen LogP contribution in [0, 0.1) is 0 Å². The number of carbonyl (C=O) groups is 2. The van der Waals surface area contributed by atoms with Gasteiger partial charge in [0.1, 0.15) is 0 Å². The highest BCUT2D eigenvalue weighted by atomic mass is 16.5. The molecule has 1 radical (unpaired) electrons. The quantitative estimate of drug-likeness (QED) is 0.318. The average molecular weight is 297 g/mol. The van der Waals surface area contributed by atoms with Crippen molar-refractivity contribution in [3.8, 4) is 0 Å². The Morgan fingerprint density at radius 2 is 2.24 bits per heavy atom. The number of rotatable bonds is 8. The lowest BCUT2D eigenvalue weighted by atomic mass is 9.92. The van der Waals surface area contributed by atoms with E-state index in [9.17, 15) is 9.59 Å². The molecule has 0 aromatic carbocycles. The minimum Gasteiger partial charge on any atom is -0.466 e. The molecule has 1 rings (SSSR count). The molecule has 3 N–H and O–H groups in total. The molecule has 0 aliphatic carbocycles. The zero-order chi connectivity index (χ0) is 16.3. The number of hydrogen-bond donors (Lipinski definition) is 3. The maximum Gasteiger partial charge on any atom is 0.328 e. The zero-order valence-electron chi connectivity index (χ0n) is 12.6. The number of nitrogens with zero attached hydrogens (tertiary/aromatic N) is 1. The van der Waals surface area contributed by atoms with Crippen LogP contribution in [-0.4, -0.2) is 61.7 Å². The Labute approximate surface area is 125 Å². The maximum atomic E-state index is 11.6. The molecule has 0 aliphatic rings. The minimum atomic E-state index is -0.317. The molecule has 0 fully saturated rings. The molecule has 8 heteroatoms. The van der Waals surface area contributed by atoms with E-state index >= 15 is 0 Å². The Morgan fingerprint density at radius 3 is 2.71 bits per heavy atom. The van der Waals surface area contributed by atoms with Gasteiger partial charge in [0.25, 0.3) is 0 Å². The van der Waals surface area contributed by atoms with Gasteiger partial charge in [-0.15, -0.1) is 0 Å². The Bertz CT molecular complexity index is 436. The van der Waals surface area contributed by atoms with Crippen LogP contribution in [0.5, 0.6) is 0 Å². The molecule has 0 saturated heterocycles. The molecule has 21 heavy (non-hydrogen) atoms. The van der Waals surface area contributed by atoms with Gasteiger partial charge in [-0.2, -0.15) is 0 Å². The fourth-order valence-corrected chi connectivity index (χ4v) is 1.92. The van der Waals surface area contributed by atoms with E-state index in [4.69, 9.17) is 14.9 Å². The second-order valence-electron chi connectivity index (χ2n) is 4.07. The molecule has 1 unspecified atom stereocenters. The molecule has 1 atom stereocenters. The smallest absolute Gasteiger partial charge is 0.328 e. The molecule has 7 nitrogen and oxygen atoms in total. The summed E-state index contributed by atoms with van der Waals surface area (Å²) in [5.74, 6) is -0.317. The number of aliphatic hydroxyl groups excluding tert-OH is 1. The lowest BCUT2D eigenvalue weighted by Gasteiger charge is -2.19. The van der Waals surface area contributed by atoms with Crippen molar-refractivity contribution in [2.45, 2.75) is 19.4 Å². The third-order valence-corrected chi connectivity index (χ3v) is 2.71. The van der Waals surface area contributed by atoms with Crippen molar-refractivity contribution in [3.63, 3.8) is 0 Å². The third-order valence-electron chi connectivity index (χ3n) is 2.71. The number of aliphatic hydroxyl groups is 1.